The minimum atomic E-state index is -0.329. The van der Waals surface area contributed by atoms with Gasteiger partial charge in [0.05, 0.1) is 27.9 Å². The molecule has 2 fully saturated rings. The predicted molar refractivity (Wildman–Crippen MR) is 145 cm³/mol. The molecule has 0 bridgehead atoms. The average molecular weight is 533 g/mol. The third-order valence-electron chi connectivity index (χ3n) is 8.75. The van der Waals surface area contributed by atoms with Crippen LogP contribution in [-0.2, 0) is 19.5 Å². The fraction of sp³-hybridized carbons (Fsp3) is 0.333. The Kier molecular flexibility index (Phi) is 4.99. The SMILES string of the molecule is Cn1c(=O)n(C)c2c(Cl)c(-c3[nH]nc4nc(N5CC[C@@H]6[C@H](C5)[C@@]6(CN)c5ccccc5F)cnc34)ccc21. The van der Waals surface area contributed by atoms with Crippen molar-refractivity contribution in [2.24, 2.45) is 31.7 Å². The predicted octanol–water partition coefficient (Wildman–Crippen LogP) is 3.36. The van der Waals surface area contributed by atoms with Gasteiger partial charge in [-0.05, 0) is 42.0 Å². The Morgan fingerprint density at radius 2 is 2.00 bits per heavy atom. The highest BCUT2D eigenvalue weighted by Crippen LogP contribution is 2.63. The van der Waals surface area contributed by atoms with Crippen molar-refractivity contribution in [3.05, 3.63) is 69.5 Å². The molecule has 0 radical (unpaired) electrons. The number of nitrogens with two attached hydrogens (primary N) is 1. The summed E-state index contributed by atoms with van der Waals surface area (Å²) in [5.74, 6) is 1.16. The first-order valence-electron chi connectivity index (χ1n) is 12.6. The van der Waals surface area contributed by atoms with Gasteiger partial charge in [0.1, 0.15) is 17.2 Å². The molecule has 38 heavy (non-hydrogen) atoms. The number of imidazole rings is 1. The number of H-pyrrole nitrogens is 1. The molecule has 0 unspecified atom stereocenters. The van der Waals surface area contributed by atoms with Gasteiger partial charge in [-0.2, -0.15) is 5.10 Å². The van der Waals surface area contributed by atoms with Gasteiger partial charge in [-0.1, -0.05) is 29.8 Å². The number of aromatic amines is 1. The van der Waals surface area contributed by atoms with Gasteiger partial charge in [0.2, 0.25) is 5.65 Å². The van der Waals surface area contributed by atoms with E-state index in [1.54, 1.807) is 30.9 Å². The van der Waals surface area contributed by atoms with Crippen molar-refractivity contribution < 1.29 is 4.39 Å². The average Bonchev–Trinajstić information content (AvgIpc) is 3.29. The molecule has 1 aliphatic heterocycles. The van der Waals surface area contributed by atoms with Crippen LogP contribution < -0.4 is 16.3 Å². The van der Waals surface area contributed by atoms with Crippen LogP contribution in [-0.4, -0.2) is 48.9 Å². The van der Waals surface area contributed by atoms with Crippen LogP contribution in [0.15, 0.2) is 47.4 Å². The van der Waals surface area contributed by atoms with Gasteiger partial charge in [-0.15, -0.1) is 0 Å². The molecule has 3 atom stereocenters. The topological polar surface area (TPSA) is 111 Å². The number of benzene rings is 2. The zero-order valence-electron chi connectivity index (χ0n) is 20.9. The largest absolute Gasteiger partial charge is 0.355 e. The quantitative estimate of drug-likeness (QED) is 0.367. The second-order valence-corrected chi connectivity index (χ2v) is 10.7. The van der Waals surface area contributed by atoms with Crippen LogP contribution in [0, 0.1) is 17.7 Å². The molecule has 3 aromatic heterocycles. The fourth-order valence-corrected chi connectivity index (χ4v) is 7.10. The Hall–Kier alpha value is -3.76. The normalized spacial score (nSPS) is 22.8. The molecule has 1 saturated carbocycles. The summed E-state index contributed by atoms with van der Waals surface area (Å²) in [6, 6.07) is 10.7. The number of hydrogen-bond donors (Lipinski definition) is 2. The summed E-state index contributed by atoms with van der Waals surface area (Å²) in [7, 11) is 3.42. The van der Waals surface area contributed by atoms with Crippen molar-refractivity contribution in [1.29, 1.82) is 0 Å². The third-order valence-corrected chi connectivity index (χ3v) is 9.13. The van der Waals surface area contributed by atoms with Crippen LogP contribution in [0.4, 0.5) is 10.2 Å². The number of aryl methyl sites for hydroxylation is 2. The summed E-state index contributed by atoms with van der Waals surface area (Å²) < 4.78 is 17.8. The monoisotopic (exact) mass is 532 g/mol. The van der Waals surface area contributed by atoms with E-state index in [9.17, 15) is 9.18 Å². The molecule has 0 amide bonds. The maximum atomic E-state index is 14.7. The smallest absolute Gasteiger partial charge is 0.328 e. The second kappa shape index (κ2) is 8.12. The number of halogens is 2. The number of anilines is 1. The highest BCUT2D eigenvalue weighted by molar-refractivity contribution is 6.38. The zero-order valence-corrected chi connectivity index (χ0v) is 21.7. The standard InChI is InChI=1S/C27H26ClFN8O/c1-35-19-8-7-14(21(28)24(19)36(2)26(35)38)22-23-25(34-33-22)32-20(11-31-23)37-10-9-15-17(12-37)27(15,13-30)16-5-3-4-6-18(16)29/h3-8,11,15,17H,9-10,12-13,30H2,1-2H3,(H,32,33,34)/t15-,17+,27-/m1/s1. The Balaban J connectivity index is 1.21. The van der Waals surface area contributed by atoms with Gasteiger partial charge in [0.25, 0.3) is 0 Å². The molecule has 4 heterocycles. The van der Waals surface area contributed by atoms with Crippen molar-refractivity contribution in [2.75, 3.05) is 24.5 Å². The van der Waals surface area contributed by atoms with Gasteiger partial charge < -0.3 is 10.6 Å². The minimum Gasteiger partial charge on any atom is -0.355 e. The van der Waals surface area contributed by atoms with E-state index in [1.165, 1.54) is 10.6 Å². The van der Waals surface area contributed by atoms with Crippen molar-refractivity contribution >= 4 is 39.6 Å². The van der Waals surface area contributed by atoms with E-state index in [4.69, 9.17) is 27.3 Å². The fourth-order valence-electron chi connectivity index (χ4n) is 6.72. The van der Waals surface area contributed by atoms with Crippen LogP contribution in [0.5, 0.6) is 0 Å². The summed E-state index contributed by atoms with van der Waals surface area (Å²) in [6.45, 7) is 1.94. The molecule has 9 nitrogen and oxygen atoms in total. The number of hydrogen-bond acceptors (Lipinski definition) is 6. The molecular formula is C27H26ClFN8O. The summed E-state index contributed by atoms with van der Waals surface area (Å²) >= 11 is 6.79. The van der Waals surface area contributed by atoms with Crippen molar-refractivity contribution in [3.8, 4) is 11.3 Å². The van der Waals surface area contributed by atoms with E-state index in [2.05, 4.69) is 15.1 Å². The highest BCUT2D eigenvalue weighted by atomic mass is 35.5. The Bertz CT molecular complexity index is 1810. The van der Waals surface area contributed by atoms with Crippen LogP contribution in [0.25, 0.3) is 33.5 Å². The maximum Gasteiger partial charge on any atom is 0.328 e. The van der Waals surface area contributed by atoms with Crippen LogP contribution in [0.3, 0.4) is 0 Å². The first-order chi connectivity index (χ1) is 18.4. The van der Waals surface area contributed by atoms with E-state index in [0.29, 0.717) is 45.4 Å². The lowest BCUT2D eigenvalue weighted by molar-refractivity contribution is 0.533. The molecule has 5 aromatic rings. The third kappa shape index (κ3) is 3.01. The van der Waals surface area contributed by atoms with E-state index < -0.39 is 0 Å². The van der Waals surface area contributed by atoms with Gasteiger partial charge >= 0.3 is 5.69 Å². The highest BCUT2D eigenvalue weighted by Gasteiger charge is 2.66. The summed E-state index contributed by atoms with van der Waals surface area (Å²) in [5, 5.41) is 7.91. The molecule has 1 saturated heterocycles. The molecule has 3 N–H and O–H groups in total. The van der Waals surface area contributed by atoms with E-state index >= 15 is 0 Å². The number of nitrogens with one attached hydrogen (secondary N) is 1. The van der Waals surface area contributed by atoms with Gasteiger partial charge in [-0.25, -0.2) is 19.2 Å². The lowest BCUT2D eigenvalue weighted by atomic mass is 9.91. The number of fused-ring (bicyclic) bond motifs is 3. The Morgan fingerprint density at radius 1 is 1.18 bits per heavy atom. The molecule has 11 heteroatoms. The molecular weight excluding hydrogens is 507 g/mol. The number of rotatable bonds is 4. The molecule has 2 aromatic carbocycles. The Labute approximate surface area is 222 Å². The second-order valence-electron chi connectivity index (χ2n) is 10.4. The van der Waals surface area contributed by atoms with Gasteiger partial charge in [-0.3, -0.25) is 14.2 Å². The molecule has 7 rings (SSSR count). The van der Waals surface area contributed by atoms with E-state index in [1.807, 2.05) is 24.3 Å². The number of piperidine rings is 1. The van der Waals surface area contributed by atoms with Crippen molar-refractivity contribution in [3.63, 3.8) is 0 Å². The van der Waals surface area contributed by atoms with Crippen molar-refractivity contribution in [1.82, 2.24) is 29.3 Å². The lowest BCUT2D eigenvalue weighted by Crippen LogP contribution is -2.32. The minimum absolute atomic E-state index is 0.147. The number of nitrogens with zero attached hydrogens (tertiary/aromatic N) is 6. The summed E-state index contributed by atoms with van der Waals surface area (Å²) in [6.07, 6.45) is 2.66. The number of aromatic nitrogens is 6. The van der Waals surface area contributed by atoms with Crippen LogP contribution in [0.2, 0.25) is 5.02 Å². The first kappa shape index (κ1) is 23.4. The Morgan fingerprint density at radius 3 is 2.79 bits per heavy atom. The summed E-state index contributed by atoms with van der Waals surface area (Å²) in [5.41, 5.74) is 10.3. The van der Waals surface area contributed by atoms with E-state index in [-0.39, 0.29) is 22.8 Å². The molecule has 0 spiro atoms. The lowest BCUT2D eigenvalue weighted by Gasteiger charge is -2.26. The zero-order chi connectivity index (χ0) is 26.3. The molecule has 1 aliphatic carbocycles. The van der Waals surface area contributed by atoms with E-state index in [0.717, 1.165) is 36.4 Å². The van der Waals surface area contributed by atoms with Crippen LogP contribution >= 0.6 is 11.6 Å². The molecule has 194 valence electrons. The van der Waals surface area contributed by atoms with Crippen molar-refractivity contribution in [2.45, 2.75) is 11.8 Å². The van der Waals surface area contributed by atoms with Gasteiger partial charge in [0, 0.05) is 44.7 Å². The first-order valence-corrected chi connectivity index (χ1v) is 13.0. The van der Waals surface area contributed by atoms with Gasteiger partial charge in [0.15, 0.2) is 0 Å². The van der Waals surface area contributed by atoms with Crippen LogP contribution in [0.1, 0.15) is 12.0 Å². The maximum absolute atomic E-state index is 14.7. The summed E-state index contributed by atoms with van der Waals surface area (Å²) in [4.78, 5) is 24.1. The molecule has 2 aliphatic rings.